The van der Waals surface area contributed by atoms with Gasteiger partial charge in [-0.3, -0.25) is 0 Å². The van der Waals surface area contributed by atoms with Crippen molar-refractivity contribution in [3.63, 3.8) is 0 Å². The third-order valence-electron chi connectivity index (χ3n) is 2.04. The number of ether oxygens (including phenoxy) is 1. The fraction of sp³-hybridized carbons (Fsp3) is 0.556. The minimum Gasteiger partial charge on any atom is -0.379 e. The van der Waals surface area contributed by atoms with Gasteiger partial charge in [-0.05, 0) is 11.4 Å². The van der Waals surface area contributed by atoms with E-state index in [2.05, 4.69) is 17.5 Å². The molecule has 1 atom stereocenters. The minimum absolute atomic E-state index is 0.467. The van der Waals surface area contributed by atoms with Crippen LogP contribution in [0.3, 0.4) is 0 Å². The topological polar surface area (TPSA) is 35.2 Å². The second-order valence-electron chi connectivity index (χ2n) is 3.04. The molecule has 72 valence electrons. The lowest BCUT2D eigenvalue weighted by Gasteiger charge is -2.28. The molecule has 1 aromatic rings. The molecular formula is C9H13NOS2. The standard InChI is InChI=1S/C9H13NOS2/c10-4-9(8-2-1-3-12-8)13-7-5-11-6-7/h1-3,7,9H,4-6,10H2. The molecule has 2 heterocycles. The average molecular weight is 215 g/mol. The second-order valence-corrected chi connectivity index (χ2v) is 5.52. The van der Waals surface area contributed by atoms with E-state index in [4.69, 9.17) is 10.5 Å². The van der Waals surface area contributed by atoms with Crippen LogP contribution in [0.5, 0.6) is 0 Å². The largest absolute Gasteiger partial charge is 0.379 e. The molecule has 1 fully saturated rings. The van der Waals surface area contributed by atoms with Crippen molar-refractivity contribution in [2.75, 3.05) is 19.8 Å². The first-order chi connectivity index (χ1) is 6.40. The number of thiophene rings is 1. The Hall–Kier alpha value is -0.0300. The molecule has 0 aromatic carbocycles. The van der Waals surface area contributed by atoms with Gasteiger partial charge in [0.2, 0.25) is 0 Å². The van der Waals surface area contributed by atoms with Crippen molar-refractivity contribution >= 4 is 23.1 Å². The maximum Gasteiger partial charge on any atom is 0.0608 e. The van der Waals surface area contributed by atoms with E-state index < -0.39 is 0 Å². The lowest BCUT2D eigenvalue weighted by atomic mass is 10.3. The number of hydrogen-bond acceptors (Lipinski definition) is 4. The molecule has 2 nitrogen and oxygen atoms in total. The number of nitrogens with two attached hydrogens (primary N) is 1. The summed E-state index contributed by atoms with van der Waals surface area (Å²) in [6, 6.07) is 4.25. The lowest BCUT2D eigenvalue weighted by Crippen LogP contribution is -2.31. The Morgan fingerprint density at radius 1 is 1.69 bits per heavy atom. The molecule has 0 saturated carbocycles. The molecule has 1 aliphatic heterocycles. The molecule has 0 radical (unpaired) electrons. The third-order valence-corrected chi connectivity index (χ3v) is 4.61. The predicted molar refractivity (Wildman–Crippen MR) is 58.3 cm³/mol. The Balaban J connectivity index is 1.92. The van der Waals surface area contributed by atoms with Gasteiger partial charge in [-0.25, -0.2) is 0 Å². The van der Waals surface area contributed by atoms with Crippen molar-refractivity contribution in [2.24, 2.45) is 5.73 Å². The summed E-state index contributed by atoms with van der Waals surface area (Å²) in [6.45, 7) is 2.51. The summed E-state index contributed by atoms with van der Waals surface area (Å²) < 4.78 is 5.14. The van der Waals surface area contributed by atoms with Gasteiger partial charge in [-0.1, -0.05) is 6.07 Å². The van der Waals surface area contributed by atoms with Crippen LogP contribution in [-0.2, 0) is 4.74 Å². The highest BCUT2D eigenvalue weighted by molar-refractivity contribution is 8.00. The van der Waals surface area contributed by atoms with Crippen molar-refractivity contribution in [2.45, 2.75) is 10.5 Å². The maximum absolute atomic E-state index is 5.74. The zero-order chi connectivity index (χ0) is 9.10. The van der Waals surface area contributed by atoms with E-state index in [9.17, 15) is 0 Å². The molecule has 0 aliphatic carbocycles. The smallest absolute Gasteiger partial charge is 0.0608 e. The zero-order valence-corrected chi connectivity index (χ0v) is 8.94. The van der Waals surface area contributed by atoms with Crippen LogP contribution in [0.25, 0.3) is 0 Å². The van der Waals surface area contributed by atoms with Gasteiger partial charge in [0.05, 0.1) is 23.7 Å². The zero-order valence-electron chi connectivity index (χ0n) is 7.31. The van der Waals surface area contributed by atoms with Crippen molar-refractivity contribution in [1.29, 1.82) is 0 Å². The van der Waals surface area contributed by atoms with Gasteiger partial charge in [0, 0.05) is 11.4 Å². The Morgan fingerprint density at radius 3 is 3.00 bits per heavy atom. The Labute approximate surface area is 86.5 Å². The molecule has 1 saturated heterocycles. The van der Waals surface area contributed by atoms with Gasteiger partial charge in [0.1, 0.15) is 0 Å². The summed E-state index contributed by atoms with van der Waals surface area (Å²) in [6.07, 6.45) is 0. The molecule has 0 amide bonds. The van der Waals surface area contributed by atoms with E-state index >= 15 is 0 Å². The Morgan fingerprint density at radius 2 is 2.54 bits per heavy atom. The molecule has 1 aliphatic rings. The molecule has 4 heteroatoms. The number of rotatable bonds is 4. The van der Waals surface area contributed by atoms with Gasteiger partial charge in [0.15, 0.2) is 0 Å². The number of thioether (sulfide) groups is 1. The lowest BCUT2D eigenvalue weighted by molar-refractivity contribution is 0.0453. The van der Waals surface area contributed by atoms with E-state index in [0.717, 1.165) is 19.8 Å². The summed E-state index contributed by atoms with van der Waals surface area (Å²) in [5.41, 5.74) is 5.74. The van der Waals surface area contributed by atoms with Crippen LogP contribution in [0.2, 0.25) is 0 Å². The van der Waals surface area contributed by atoms with E-state index in [-0.39, 0.29) is 0 Å². The first kappa shape index (κ1) is 9.52. The summed E-state index contributed by atoms with van der Waals surface area (Å²) in [4.78, 5) is 1.39. The quantitative estimate of drug-likeness (QED) is 0.833. The average Bonchev–Trinajstić information content (AvgIpc) is 2.55. The summed E-state index contributed by atoms with van der Waals surface area (Å²) in [5, 5.41) is 3.24. The number of hydrogen-bond donors (Lipinski definition) is 1. The SMILES string of the molecule is NCC(SC1COC1)c1cccs1. The van der Waals surface area contributed by atoms with Gasteiger partial charge < -0.3 is 10.5 Å². The molecule has 1 aromatic heterocycles. The minimum atomic E-state index is 0.467. The first-order valence-electron chi connectivity index (χ1n) is 4.37. The molecular weight excluding hydrogens is 202 g/mol. The highest BCUT2D eigenvalue weighted by atomic mass is 32.2. The fourth-order valence-electron chi connectivity index (χ4n) is 1.24. The van der Waals surface area contributed by atoms with Crippen LogP contribution in [0, 0.1) is 0 Å². The second kappa shape index (κ2) is 4.46. The summed E-state index contributed by atoms with van der Waals surface area (Å²) in [5.74, 6) is 0. The van der Waals surface area contributed by atoms with Crippen molar-refractivity contribution in [1.82, 2.24) is 0 Å². The van der Waals surface area contributed by atoms with Gasteiger partial charge in [-0.15, -0.1) is 23.1 Å². The van der Waals surface area contributed by atoms with Crippen LogP contribution in [0.15, 0.2) is 17.5 Å². The molecule has 1 unspecified atom stereocenters. The predicted octanol–water partition coefficient (Wildman–Crippen LogP) is 1.88. The maximum atomic E-state index is 5.74. The van der Waals surface area contributed by atoms with Crippen LogP contribution in [0.1, 0.15) is 10.1 Å². The van der Waals surface area contributed by atoms with Crippen molar-refractivity contribution < 1.29 is 4.74 Å². The highest BCUT2D eigenvalue weighted by Crippen LogP contribution is 2.36. The summed E-state index contributed by atoms with van der Waals surface area (Å²) >= 11 is 3.74. The molecule has 2 rings (SSSR count). The summed E-state index contributed by atoms with van der Waals surface area (Å²) in [7, 11) is 0. The monoisotopic (exact) mass is 215 g/mol. The van der Waals surface area contributed by atoms with Crippen LogP contribution in [-0.4, -0.2) is 25.0 Å². The first-order valence-corrected chi connectivity index (χ1v) is 6.19. The Kier molecular flexibility index (Phi) is 3.27. The van der Waals surface area contributed by atoms with E-state index in [1.54, 1.807) is 11.3 Å². The molecule has 0 bridgehead atoms. The molecule has 2 N–H and O–H groups in total. The van der Waals surface area contributed by atoms with E-state index in [0.29, 0.717) is 10.5 Å². The van der Waals surface area contributed by atoms with E-state index in [1.807, 2.05) is 11.8 Å². The normalized spacial score (nSPS) is 19.8. The van der Waals surface area contributed by atoms with Crippen LogP contribution < -0.4 is 5.73 Å². The van der Waals surface area contributed by atoms with Gasteiger partial charge in [-0.2, -0.15) is 0 Å². The third kappa shape index (κ3) is 2.26. The van der Waals surface area contributed by atoms with Gasteiger partial charge >= 0.3 is 0 Å². The van der Waals surface area contributed by atoms with Crippen molar-refractivity contribution in [3.8, 4) is 0 Å². The highest BCUT2D eigenvalue weighted by Gasteiger charge is 2.24. The van der Waals surface area contributed by atoms with E-state index in [1.165, 1.54) is 4.88 Å². The Bertz CT molecular complexity index is 246. The molecule has 0 spiro atoms. The fourth-order valence-corrected chi connectivity index (χ4v) is 3.43. The van der Waals surface area contributed by atoms with Crippen LogP contribution >= 0.6 is 23.1 Å². The molecule has 13 heavy (non-hydrogen) atoms. The van der Waals surface area contributed by atoms with Crippen LogP contribution in [0.4, 0.5) is 0 Å². The van der Waals surface area contributed by atoms with Crippen molar-refractivity contribution in [3.05, 3.63) is 22.4 Å². The van der Waals surface area contributed by atoms with Gasteiger partial charge in [0.25, 0.3) is 0 Å².